The highest BCUT2D eigenvalue weighted by molar-refractivity contribution is 5.96. The fourth-order valence-electron chi connectivity index (χ4n) is 6.35. The summed E-state index contributed by atoms with van der Waals surface area (Å²) in [5, 5.41) is 24.5. The zero-order valence-electron chi connectivity index (χ0n) is 32.1. The van der Waals surface area contributed by atoms with Crippen LogP contribution in [0, 0.1) is 13.8 Å². The molecule has 2 N–H and O–H groups in total. The number of rotatable bonds is 15. The molecule has 0 heterocycles. The number of phenolic OH excluding ortho intramolecular Hbond substituents is 1. The molecule has 0 bridgehead atoms. The average Bonchev–Trinajstić information content (AvgIpc) is 3.23. The van der Waals surface area contributed by atoms with E-state index in [4.69, 9.17) is 9.68 Å². The van der Waals surface area contributed by atoms with Gasteiger partial charge in [-0.2, -0.15) is 5.11 Å². The number of oxime groups is 1. The molecule has 0 aromatic heterocycles. The Morgan fingerprint density at radius 1 is 0.667 bits per heavy atom. The van der Waals surface area contributed by atoms with Gasteiger partial charge in [-0.15, -0.1) is 5.11 Å². The number of fused-ring (bicyclic) bond motifs is 1. The molecule has 0 saturated heterocycles. The van der Waals surface area contributed by atoms with Gasteiger partial charge in [0.05, 0.1) is 11.4 Å². The molecular weight excluding hydrogens is 711 g/mol. The van der Waals surface area contributed by atoms with E-state index >= 15 is 0 Å². The van der Waals surface area contributed by atoms with Gasteiger partial charge in [-0.1, -0.05) is 83.0 Å². The maximum absolute atomic E-state index is 11.5. The van der Waals surface area contributed by atoms with E-state index in [1.165, 1.54) is 35.6 Å². The van der Waals surface area contributed by atoms with Gasteiger partial charge in [-0.3, -0.25) is 4.79 Å². The number of azo groups is 1. The van der Waals surface area contributed by atoms with E-state index in [2.05, 4.69) is 125 Å². The standard InChI is InChI=1S/C48H43N5O4/c1-33-4-22-43(23-5-33)53(44-24-6-34(2)7-25-44)45-26-12-37(13-27-45)9-8-36-10-18-42(19-11-36)52-57-32-49-56-31-38-14-28-46-40(30-38)17-29-47(55)48(46)51-50-41-20-15-39(16-21-41)35(3)54/h4-7,10-30,32,52,55H,8-9,31H2,1-3H3/b49-32+,51-50?. The average molecular weight is 754 g/mol. The van der Waals surface area contributed by atoms with Gasteiger partial charge in [0.2, 0.25) is 6.40 Å². The predicted octanol–water partition coefficient (Wildman–Crippen LogP) is 12.5. The minimum absolute atomic E-state index is 0.0152. The molecule has 0 saturated carbocycles. The molecule has 0 amide bonds. The van der Waals surface area contributed by atoms with E-state index in [0.29, 0.717) is 16.9 Å². The van der Waals surface area contributed by atoms with E-state index in [9.17, 15) is 9.90 Å². The number of hydrogen-bond donors (Lipinski definition) is 2. The van der Waals surface area contributed by atoms with Crippen LogP contribution in [-0.4, -0.2) is 17.3 Å². The monoisotopic (exact) mass is 753 g/mol. The smallest absolute Gasteiger partial charge is 0.245 e. The van der Waals surface area contributed by atoms with Crippen LogP contribution < -0.4 is 10.4 Å². The van der Waals surface area contributed by atoms with Gasteiger partial charge in [-0.05, 0) is 141 Å². The number of hydrogen-bond acceptors (Lipinski definition) is 9. The Balaban J connectivity index is 0.873. The molecule has 0 aliphatic carbocycles. The predicted molar refractivity (Wildman–Crippen MR) is 229 cm³/mol. The first-order valence-electron chi connectivity index (χ1n) is 18.7. The summed E-state index contributed by atoms with van der Waals surface area (Å²) in [5.41, 5.74) is 14.4. The summed E-state index contributed by atoms with van der Waals surface area (Å²) in [4.78, 5) is 24.7. The number of Topliss-reactive ketones (excluding diaryl/α,β-unsaturated/α-hetero) is 1. The highest BCUT2D eigenvalue weighted by Gasteiger charge is 2.13. The molecule has 0 radical (unpaired) electrons. The molecular formula is C48H43N5O4. The number of ketones is 1. The van der Waals surface area contributed by atoms with Crippen molar-refractivity contribution in [2.45, 2.75) is 40.2 Å². The van der Waals surface area contributed by atoms with Crippen LogP contribution in [0.4, 0.5) is 34.1 Å². The van der Waals surface area contributed by atoms with Gasteiger partial charge in [0.1, 0.15) is 18.0 Å². The molecule has 0 spiro atoms. The van der Waals surface area contributed by atoms with Crippen LogP contribution in [0.15, 0.2) is 167 Å². The number of anilines is 4. The van der Waals surface area contributed by atoms with E-state index in [-0.39, 0.29) is 18.1 Å². The first kappa shape index (κ1) is 38.0. The van der Waals surface area contributed by atoms with Crippen molar-refractivity contribution in [2.75, 3.05) is 10.4 Å². The van der Waals surface area contributed by atoms with Crippen molar-refractivity contribution in [3.8, 4) is 5.75 Å². The third kappa shape index (κ3) is 9.89. The Morgan fingerprint density at radius 3 is 1.82 bits per heavy atom. The number of nitrogens with zero attached hydrogens (tertiary/aromatic N) is 4. The van der Waals surface area contributed by atoms with Gasteiger partial charge in [0.25, 0.3) is 0 Å². The lowest BCUT2D eigenvalue weighted by atomic mass is 10.0. The first-order valence-corrected chi connectivity index (χ1v) is 18.7. The summed E-state index contributed by atoms with van der Waals surface area (Å²) >= 11 is 0. The minimum atomic E-state index is -0.0209. The van der Waals surface area contributed by atoms with Crippen molar-refractivity contribution in [3.05, 3.63) is 185 Å². The van der Waals surface area contributed by atoms with Gasteiger partial charge >= 0.3 is 0 Å². The van der Waals surface area contributed by atoms with E-state index < -0.39 is 0 Å². The molecule has 0 aliphatic heterocycles. The van der Waals surface area contributed by atoms with Gasteiger partial charge in [0, 0.05) is 28.0 Å². The molecule has 0 atom stereocenters. The second kappa shape index (κ2) is 17.9. The second-order valence-electron chi connectivity index (χ2n) is 13.9. The van der Waals surface area contributed by atoms with Crippen LogP contribution >= 0.6 is 0 Å². The lowest BCUT2D eigenvalue weighted by molar-refractivity contribution is 0.101. The normalized spacial score (nSPS) is 11.3. The zero-order chi connectivity index (χ0) is 39.6. The fourth-order valence-corrected chi connectivity index (χ4v) is 6.35. The summed E-state index contributed by atoms with van der Waals surface area (Å²) in [6.07, 6.45) is 3.04. The highest BCUT2D eigenvalue weighted by atomic mass is 16.7. The maximum Gasteiger partial charge on any atom is 0.245 e. The number of benzene rings is 7. The molecule has 7 aromatic carbocycles. The van der Waals surface area contributed by atoms with Crippen molar-refractivity contribution in [2.24, 2.45) is 15.4 Å². The summed E-state index contributed by atoms with van der Waals surface area (Å²) in [6.45, 7) is 5.94. The molecule has 7 rings (SSSR count). The molecule has 284 valence electrons. The lowest BCUT2D eigenvalue weighted by Gasteiger charge is -2.26. The van der Waals surface area contributed by atoms with Crippen molar-refractivity contribution in [1.82, 2.24) is 0 Å². The lowest BCUT2D eigenvalue weighted by Crippen LogP contribution is -2.10. The molecule has 0 aliphatic rings. The molecule has 0 fully saturated rings. The summed E-state index contributed by atoms with van der Waals surface area (Å²) in [5.74, 6) is -0.00573. The highest BCUT2D eigenvalue weighted by Crippen LogP contribution is 2.37. The van der Waals surface area contributed by atoms with Crippen LogP contribution in [0.1, 0.15) is 45.1 Å². The Kier molecular flexibility index (Phi) is 12.0. The van der Waals surface area contributed by atoms with Crippen LogP contribution in [0.5, 0.6) is 5.75 Å². The van der Waals surface area contributed by atoms with Crippen molar-refractivity contribution in [3.63, 3.8) is 0 Å². The number of aromatic hydroxyl groups is 1. The summed E-state index contributed by atoms with van der Waals surface area (Å²) in [6, 6.07) is 50.1. The molecule has 57 heavy (non-hydrogen) atoms. The Bertz CT molecular complexity index is 2450. The third-order valence-corrected chi connectivity index (χ3v) is 9.59. The number of nitrogens with one attached hydrogen (secondary N) is 1. The van der Waals surface area contributed by atoms with Gasteiger partial charge in [0.15, 0.2) is 5.78 Å². The zero-order valence-corrected chi connectivity index (χ0v) is 32.1. The van der Waals surface area contributed by atoms with Crippen LogP contribution in [0.25, 0.3) is 10.8 Å². The van der Waals surface area contributed by atoms with Gasteiger partial charge in [-0.25, -0.2) is 5.48 Å². The Hall–Kier alpha value is -7.26. The molecule has 0 unspecified atom stereocenters. The molecule has 7 aromatic rings. The summed E-state index contributed by atoms with van der Waals surface area (Å²) < 4.78 is 0. The largest absolute Gasteiger partial charge is 0.506 e. The molecule has 9 heteroatoms. The van der Waals surface area contributed by atoms with Crippen molar-refractivity contribution >= 4 is 57.1 Å². The van der Waals surface area contributed by atoms with Crippen molar-refractivity contribution in [1.29, 1.82) is 0 Å². The van der Waals surface area contributed by atoms with Crippen LogP contribution in [0.3, 0.4) is 0 Å². The van der Waals surface area contributed by atoms with E-state index in [0.717, 1.165) is 51.9 Å². The van der Waals surface area contributed by atoms with E-state index in [1.807, 2.05) is 30.3 Å². The van der Waals surface area contributed by atoms with Gasteiger partial charge < -0.3 is 19.7 Å². The first-order chi connectivity index (χ1) is 27.8. The quantitative estimate of drug-likeness (QED) is 0.0355. The number of carbonyl (C=O) groups is 1. The summed E-state index contributed by atoms with van der Waals surface area (Å²) in [7, 11) is 0. The van der Waals surface area contributed by atoms with Crippen molar-refractivity contribution < 1.29 is 19.6 Å². The Morgan fingerprint density at radius 2 is 1.23 bits per heavy atom. The maximum atomic E-state index is 11.5. The topological polar surface area (TPSA) is 108 Å². The van der Waals surface area contributed by atoms with Crippen LogP contribution in [0.2, 0.25) is 0 Å². The number of phenols is 1. The SMILES string of the molecule is CC(=O)c1ccc(N=Nc2c(O)ccc3cc(CO/N=C/ONc4ccc(CCc5ccc(N(c6ccc(C)cc6)c6ccc(C)cc6)cc5)cc4)ccc23)cc1. The Labute approximate surface area is 332 Å². The number of aryl methyl sites for hydroxylation is 4. The van der Waals surface area contributed by atoms with E-state index in [1.54, 1.807) is 36.4 Å². The fraction of sp³-hybridized carbons (Fsp3) is 0.125. The number of carbonyl (C=O) groups excluding carboxylic acids is 1. The minimum Gasteiger partial charge on any atom is -0.506 e. The molecule has 9 nitrogen and oxygen atoms in total. The third-order valence-electron chi connectivity index (χ3n) is 9.59. The second-order valence-corrected chi connectivity index (χ2v) is 13.9. The van der Waals surface area contributed by atoms with Crippen LogP contribution in [-0.2, 0) is 29.1 Å².